The Morgan fingerprint density at radius 2 is 1.21 bits per heavy atom. The highest BCUT2D eigenvalue weighted by atomic mass is 32.2. The Bertz CT molecular complexity index is 1480. The number of ether oxygens (including phenoxy) is 1. The van der Waals surface area contributed by atoms with E-state index in [1.54, 1.807) is 12.1 Å². The van der Waals surface area contributed by atoms with Crippen LogP contribution in [0.4, 0.5) is 0 Å². The minimum Gasteiger partial charge on any atom is -0.494 e. The van der Waals surface area contributed by atoms with Gasteiger partial charge in [0.15, 0.2) is 34.4 Å². The van der Waals surface area contributed by atoms with Gasteiger partial charge < -0.3 is 4.74 Å². The largest absolute Gasteiger partial charge is 0.494 e. The second-order valence-electron chi connectivity index (χ2n) is 7.48. The lowest BCUT2D eigenvalue weighted by molar-refractivity contribution is 0.340. The molecule has 3 aromatic rings. The minimum atomic E-state index is -4.17. The predicted octanol–water partition coefficient (Wildman–Crippen LogP) is 3.13. The van der Waals surface area contributed by atoms with Crippen LogP contribution in [-0.2, 0) is 40.4 Å². The van der Waals surface area contributed by atoms with Crippen LogP contribution in [0.15, 0.2) is 94.9 Å². The first kappa shape index (κ1) is 23.8. The van der Waals surface area contributed by atoms with E-state index in [-0.39, 0.29) is 19.6 Å². The summed E-state index contributed by atoms with van der Waals surface area (Å²) >= 11 is 0. The molecule has 0 N–H and O–H groups in total. The molecule has 11 heteroatoms. The van der Waals surface area contributed by atoms with Gasteiger partial charge >= 0.3 is 0 Å². The van der Waals surface area contributed by atoms with Crippen molar-refractivity contribution in [2.45, 2.75) is 41.2 Å². The zero-order chi connectivity index (χ0) is 24.2. The maximum atomic E-state index is 13.6. The van der Waals surface area contributed by atoms with Gasteiger partial charge in [-0.15, -0.1) is 0 Å². The van der Waals surface area contributed by atoms with E-state index >= 15 is 0 Å². The number of fused-ring (bicyclic) bond motifs is 2. The van der Waals surface area contributed by atoms with E-state index in [0.717, 1.165) is 29.5 Å². The van der Waals surface area contributed by atoms with Gasteiger partial charge in [-0.3, -0.25) is 0 Å². The Kier molecular flexibility index (Phi) is 5.88. The molecule has 0 amide bonds. The van der Waals surface area contributed by atoms with Crippen LogP contribution in [0.3, 0.4) is 0 Å². The normalized spacial score (nSPS) is 15.5. The van der Waals surface area contributed by atoms with E-state index in [9.17, 15) is 25.3 Å². The standard InChI is InChI=1S/C22H21O7S4/c1-4-29-15-5-7-16(8-6-15)30-19-11-9-17(31(2,23)24)13-21(19)33(27,28)22-14-18(32(3,25)26)10-12-20(22)30/h5-14H,4H2,1-3H3/q+1. The lowest BCUT2D eigenvalue weighted by Gasteiger charge is -2.21. The van der Waals surface area contributed by atoms with Crippen molar-refractivity contribution < 1.29 is 30.0 Å². The number of benzene rings is 3. The Hall–Kier alpha value is -2.34. The monoisotopic (exact) mass is 525 g/mol. The Morgan fingerprint density at radius 3 is 1.61 bits per heavy atom. The van der Waals surface area contributed by atoms with Gasteiger partial charge in [-0.2, -0.15) is 0 Å². The summed E-state index contributed by atoms with van der Waals surface area (Å²) in [4.78, 5) is 1.17. The molecule has 0 fully saturated rings. The van der Waals surface area contributed by atoms with Gasteiger partial charge in [0.25, 0.3) is 0 Å². The molecule has 0 atom stereocenters. The zero-order valence-electron chi connectivity index (χ0n) is 18.0. The Morgan fingerprint density at radius 1 is 0.758 bits per heavy atom. The SMILES string of the molecule is CCOc1ccc([S+]2c3ccc(S(C)(=O)=O)cc3S(=O)(=O)c3cc(S(C)(=O)=O)ccc32)cc1. The van der Waals surface area contributed by atoms with Crippen LogP contribution in [0.1, 0.15) is 6.92 Å². The average Bonchev–Trinajstić information content (AvgIpc) is 2.73. The maximum absolute atomic E-state index is 13.6. The van der Waals surface area contributed by atoms with E-state index in [2.05, 4.69) is 0 Å². The van der Waals surface area contributed by atoms with Crippen LogP contribution >= 0.6 is 0 Å². The van der Waals surface area contributed by atoms with Crippen LogP contribution in [0.2, 0.25) is 0 Å². The summed E-state index contributed by atoms with van der Waals surface area (Å²) in [5.41, 5.74) is 0. The average molecular weight is 526 g/mol. The van der Waals surface area contributed by atoms with Crippen molar-refractivity contribution in [3.8, 4) is 5.75 Å². The molecule has 0 radical (unpaired) electrons. The fraction of sp³-hybridized carbons (Fsp3) is 0.182. The molecule has 0 bridgehead atoms. The van der Waals surface area contributed by atoms with E-state index < -0.39 is 40.4 Å². The molecule has 0 unspecified atom stereocenters. The van der Waals surface area contributed by atoms with E-state index in [0.29, 0.717) is 22.1 Å². The third kappa shape index (κ3) is 4.30. The number of rotatable bonds is 5. The van der Waals surface area contributed by atoms with Gasteiger partial charge in [-0.25, -0.2) is 25.3 Å². The van der Waals surface area contributed by atoms with Crippen molar-refractivity contribution in [1.82, 2.24) is 0 Å². The molecule has 0 aliphatic carbocycles. The second kappa shape index (κ2) is 8.15. The van der Waals surface area contributed by atoms with Crippen molar-refractivity contribution in [2.24, 2.45) is 0 Å². The first-order valence-electron chi connectivity index (χ1n) is 9.74. The smallest absolute Gasteiger partial charge is 0.216 e. The van der Waals surface area contributed by atoms with Gasteiger partial charge in [0.2, 0.25) is 9.84 Å². The number of sulfone groups is 3. The minimum absolute atomic E-state index is 0.122. The highest BCUT2D eigenvalue weighted by Gasteiger charge is 2.46. The van der Waals surface area contributed by atoms with E-state index in [1.165, 1.54) is 24.3 Å². The molecule has 1 heterocycles. The third-order valence-electron chi connectivity index (χ3n) is 5.08. The molecule has 1 aliphatic heterocycles. The number of hydrogen-bond acceptors (Lipinski definition) is 7. The molecule has 33 heavy (non-hydrogen) atoms. The summed E-state index contributed by atoms with van der Waals surface area (Å²) in [6, 6.07) is 15.4. The molecule has 4 rings (SSSR count). The first-order valence-corrected chi connectivity index (χ1v) is 16.2. The topological polar surface area (TPSA) is 112 Å². The van der Waals surface area contributed by atoms with Gasteiger partial charge in [0.1, 0.15) is 26.4 Å². The van der Waals surface area contributed by atoms with E-state index in [1.807, 2.05) is 19.1 Å². The molecular formula is C22H21O7S4+. The Balaban J connectivity index is 2.04. The Labute approximate surface area is 196 Å². The number of hydrogen-bond donors (Lipinski definition) is 0. The summed E-state index contributed by atoms with van der Waals surface area (Å²) in [6.45, 7) is 2.37. The van der Waals surface area contributed by atoms with Gasteiger partial charge in [-0.1, -0.05) is 0 Å². The molecule has 0 saturated heterocycles. The van der Waals surface area contributed by atoms with Crippen molar-refractivity contribution >= 4 is 40.4 Å². The zero-order valence-corrected chi connectivity index (χ0v) is 21.2. The molecule has 174 valence electrons. The first-order chi connectivity index (χ1) is 15.3. The lowest BCUT2D eigenvalue weighted by Crippen LogP contribution is -2.21. The molecular weight excluding hydrogens is 505 g/mol. The van der Waals surface area contributed by atoms with Crippen molar-refractivity contribution in [3.05, 3.63) is 60.7 Å². The summed E-state index contributed by atoms with van der Waals surface area (Å²) in [7, 11) is -12.4. The van der Waals surface area contributed by atoms with Crippen molar-refractivity contribution in [2.75, 3.05) is 19.1 Å². The molecule has 1 aliphatic rings. The van der Waals surface area contributed by atoms with Crippen LogP contribution in [-0.4, -0.2) is 44.4 Å². The summed E-state index contributed by atoms with van der Waals surface area (Å²) in [5.74, 6) is 0.662. The summed E-state index contributed by atoms with van der Waals surface area (Å²) in [6.07, 6.45) is 2.01. The fourth-order valence-electron chi connectivity index (χ4n) is 3.52. The van der Waals surface area contributed by atoms with Gasteiger partial charge in [-0.05, 0) is 67.6 Å². The molecule has 3 aromatic carbocycles. The summed E-state index contributed by atoms with van der Waals surface area (Å²) < 4.78 is 81.1. The maximum Gasteiger partial charge on any atom is 0.216 e. The van der Waals surface area contributed by atoms with Gasteiger partial charge in [0.05, 0.1) is 16.4 Å². The van der Waals surface area contributed by atoms with Crippen LogP contribution in [0.25, 0.3) is 0 Å². The van der Waals surface area contributed by atoms with Crippen LogP contribution < -0.4 is 4.74 Å². The molecule has 7 nitrogen and oxygen atoms in total. The van der Waals surface area contributed by atoms with Crippen LogP contribution in [0, 0.1) is 0 Å². The second-order valence-corrected chi connectivity index (χ2v) is 15.4. The van der Waals surface area contributed by atoms with E-state index in [4.69, 9.17) is 4.74 Å². The fourth-order valence-corrected chi connectivity index (χ4v) is 9.68. The molecule has 0 spiro atoms. The van der Waals surface area contributed by atoms with Crippen LogP contribution in [0.5, 0.6) is 5.75 Å². The molecule has 0 aromatic heterocycles. The quantitative estimate of drug-likeness (QED) is 0.368. The van der Waals surface area contributed by atoms with Gasteiger partial charge in [0, 0.05) is 12.5 Å². The van der Waals surface area contributed by atoms with Crippen molar-refractivity contribution in [1.29, 1.82) is 0 Å². The lowest BCUT2D eigenvalue weighted by atomic mass is 10.3. The predicted molar refractivity (Wildman–Crippen MR) is 124 cm³/mol. The summed E-state index contributed by atoms with van der Waals surface area (Å²) in [5, 5.41) is 0. The van der Waals surface area contributed by atoms with Crippen molar-refractivity contribution in [3.63, 3.8) is 0 Å². The highest BCUT2D eigenvalue weighted by molar-refractivity contribution is 8.00. The third-order valence-corrected chi connectivity index (χ3v) is 11.7. The molecule has 0 saturated carbocycles. The highest BCUT2D eigenvalue weighted by Crippen LogP contribution is 2.46.